The van der Waals surface area contributed by atoms with Crippen LogP contribution in [-0.2, 0) is 11.3 Å². The lowest BCUT2D eigenvalue weighted by molar-refractivity contribution is -0.137. The third kappa shape index (κ3) is 2.90. The molecule has 0 saturated carbocycles. The molecular formula is C14H9F3NO2. The Kier molecular flexibility index (Phi) is 3.65. The number of rotatable bonds is 2. The molecule has 103 valence electrons. The van der Waals surface area contributed by atoms with Crippen LogP contribution in [0, 0.1) is 0 Å². The lowest BCUT2D eigenvalue weighted by atomic mass is 10.2. The van der Waals surface area contributed by atoms with Gasteiger partial charge in [0.05, 0.1) is 16.9 Å². The van der Waals surface area contributed by atoms with Gasteiger partial charge in [-0.3, -0.25) is 0 Å². The molecular weight excluding hydrogens is 271 g/mol. The first-order chi connectivity index (χ1) is 9.39. The predicted octanol–water partition coefficient (Wildman–Crippen LogP) is 4.39. The molecule has 1 amide bonds. The number of nitrogens with zero attached hydrogens (tertiary/aromatic N) is 1. The molecule has 0 N–H and O–H groups in total. The Hall–Kier alpha value is -2.50. The van der Waals surface area contributed by atoms with Gasteiger partial charge < -0.3 is 0 Å². The molecule has 0 spiro atoms. The Morgan fingerprint density at radius 3 is 1.80 bits per heavy atom. The van der Waals surface area contributed by atoms with E-state index in [0.29, 0.717) is 5.69 Å². The molecule has 0 aliphatic carbocycles. The van der Waals surface area contributed by atoms with E-state index in [4.69, 9.17) is 0 Å². The number of hydrogen-bond acceptors (Lipinski definition) is 1. The van der Waals surface area contributed by atoms with Crippen molar-refractivity contribution >= 4 is 17.5 Å². The summed E-state index contributed by atoms with van der Waals surface area (Å²) in [6, 6.07) is 11.8. The second kappa shape index (κ2) is 5.24. The van der Waals surface area contributed by atoms with E-state index in [1.54, 1.807) is 18.2 Å². The molecule has 0 bridgehead atoms. The van der Waals surface area contributed by atoms with Crippen LogP contribution in [-0.4, -0.2) is 6.09 Å². The molecule has 0 aliphatic rings. The third-order valence-electron chi connectivity index (χ3n) is 2.65. The highest BCUT2D eigenvalue weighted by atomic mass is 19.4. The molecule has 20 heavy (non-hydrogen) atoms. The zero-order valence-corrected chi connectivity index (χ0v) is 10.1. The molecule has 1 radical (unpaired) electrons. The number of carbonyl (C=O) groups is 1. The topological polar surface area (TPSA) is 40.2 Å². The van der Waals surface area contributed by atoms with Crippen LogP contribution in [0.1, 0.15) is 5.56 Å². The zero-order chi connectivity index (χ0) is 14.8. The first kappa shape index (κ1) is 13.9. The SMILES string of the molecule is [O]C(=O)N(c1ccccc1)c1ccc(C(F)(F)F)cc1. The summed E-state index contributed by atoms with van der Waals surface area (Å²) in [5, 5.41) is 11.2. The summed E-state index contributed by atoms with van der Waals surface area (Å²) < 4.78 is 37.4. The van der Waals surface area contributed by atoms with E-state index < -0.39 is 17.8 Å². The van der Waals surface area contributed by atoms with Crippen molar-refractivity contribution in [1.82, 2.24) is 0 Å². The summed E-state index contributed by atoms with van der Waals surface area (Å²) in [7, 11) is 0. The van der Waals surface area contributed by atoms with Crippen molar-refractivity contribution < 1.29 is 23.1 Å². The first-order valence-corrected chi connectivity index (χ1v) is 5.63. The Labute approximate surface area is 112 Å². The largest absolute Gasteiger partial charge is 0.462 e. The molecule has 2 aromatic rings. The molecule has 0 saturated heterocycles. The van der Waals surface area contributed by atoms with Gasteiger partial charge in [0.1, 0.15) is 0 Å². The minimum absolute atomic E-state index is 0.0872. The maximum atomic E-state index is 12.5. The predicted molar refractivity (Wildman–Crippen MR) is 66.1 cm³/mol. The highest BCUT2D eigenvalue weighted by Gasteiger charge is 2.30. The minimum Gasteiger partial charge on any atom is -0.243 e. The fourth-order valence-corrected chi connectivity index (χ4v) is 1.74. The average Bonchev–Trinajstić information content (AvgIpc) is 2.39. The Balaban J connectivity index is 2.39. The number of hydrogen-bond donors (Lipinski definition) is 0. The fourth-order valence-electron chi connectivity index (χ4n) is 1.74. The molecule has 0 aliphatic heterocycles. The molecule has 6 heteroatoms. The summed E-state index contributed by atoms with van der Waals surface area (Å²) in [6.07, 6.45) is -5.98. The van der Waals surface area contributed by atoms with Crippen molar-refractivity contribution in [2.45, 2.75) is 6.18 Å². The van der Waals surface area contributed by atoms with Gasteiger partial charge in [-0.25, -0.2) is 14.8 Å². The van der Waals surface area contributed by atoms with E-state index >= 15 is 0 Å². The fraction of sp³-hybridized carbons (Fsp3) is 0.0714. The molecule has 0 aromatic heterocycles. The molecule has 0 fully saturated rings. The molecule has 2 aromatic carbocycles. The highest BCUT2D eigenvalue weighted by Crippen LogP contribution is 2.32. The summed E-state index contributed by atoms with van der Waals surface area (Å²) in [4.78, 5) is 12.0. The van der Waals surface area contributed by atoms with Crippen molar-refractivity contribution in [3.05, 3.63) is 60.2 Å². The van der Waals surface area contributed by atoms with Crippen LogP contribution in [0.4, 0.5) is 29.3 Å². The van der Waals surface area contributed by atoms with Gasteiger partial charge in [-0.15, -0.1) is 0 Å². The maximum absolute atomic E-state index is 12.5. The van der Waals surface area contributed by atoms with E-state index in [9.17, 15) is 23.1 Å². The monoisotopic (exact) mass is 280 g/mol. The van der Waals surface area contributed by atoms with E-state index in [2.05, 4.69) is 0 Å². The molecule has 0 unspecified atom stereocenters. The second-order valence-electron chi connectivity index (χ2n) is 3.98. The summed E-state index contributed by atoms with van der Waals surface area (Å²) in [5.74, 6) is 0. The molecule has 2 rings (SSSR count). The Morgan fingerprint density at radius 2 is 1.35 bits per heavy atom. The number of halogens is 3. The minimum atomic E-state index is -4.46. The van der Waals surface area contributed by atoms with Crippen LogP contribution in [0.5, 0.6) is 0 Å². The van der Waals surface area contributed by atoms with Crippen LogP contribution in [0.25, 0.3) is 0 Å². The van der Waals surface area contributed by atoms with Crippen LogP contribution in [0.15, 0.2) is 54.6 Å². The van der Waals surface area contributed by atoms with Gasteiger partial charge in [-0.2, -0.15) is 13.2 Å². The van der Waals surface area contributed by atoms with Crippen LogP contribution in [0.3, 0.4) is 0 Å². The zero-order valence-electron chi connectivity index (χ0n) is 10.1. The number of benzene rings is 2. The van der Waals surface area contributed by atoms with Gasteiger partial charge in [-0.1, -0.05) is 18.2 Å². The number of amides is 1. The van der Waals surface area contributed by atoms with Gasteiger partial charge in [0.25, 0.3) is 0 Å². The van der Waals surface area contributed by atoms with Gasteiger partial charge in [0, 0.05) is 0 Å². The Morgan fingerprint density at radius 1 is 0.850 bits per heavy atom. The van der Waals surface area contributed by atoms with Crippen molar-refractivity contribution in [3.63, 3.8) is 0 Å². The first-order valence-electron chi connectivity index (χ1n) is 5.63. The van der Waals surface area contributed by atoms with Crippen LogP contribution < -0.4 is 4.90 Å². The summed E-state index contributed by atoms with van der Waals surface area (Å²) in [6.45, 7) is 0. The summed E-state index contributed by atoms with van der Waals surface area (Å²) >= 11 is 0. The van der Waals surface area contributed by atoms with Crippen molar-refractivity contribution in [2.75, 3.05) is 4.90 Å². The Bertz CT molecular complexity index is 594. The van der Waals surface area contributed by atoms with Crippen molar-refractivity contribution in [2.24, 2.45) is 0 Å². The van der Waals surface area contributed by atoms with Gasteiger partial charge in [-0.05, 0) is 36.4 Å². The maximum Gasteiger partial charge on any atom is 0.462 e. The van der Waals surface area contributed by atoms with E-state index in [0.717, 1.165) is 29.2 Å². The summed E-state index contributed by atoms with van der Waals surface area (Å²) in [5.41, 5.74) is -0.455. The van der Waals surface area contributed by atoms with Crippen LogP contribution in [0.2, 0.25) is 0 Å². The normalized spacial score (nSPS) is 11.2. The molecule has 3 nitrogen and oxygen atoms in total. The molecule has 0 heterocycles. The quantitative estimate of drug-likeness (QED) is 0.804. The molecule has 0 atom stereocenters. The van der Waals surface area contributed by atoms with E-state index in [1.807, 2.05) is 0 Å². The number of para-hydroxylation sites is 1. The smallest absolute Gasteiger partial charge is 0.243 e. The van der Waals surface area contributed by atoms with Gasteiger partial charge in [0.2, 0.25) is 0 Å². The second-order valence-corrected chi connectivity index (χ2v) is 3.98. The number of anilines is 2. The lowest BCUT2D eigenvalue weighted by Crippen LogP contribution is -2.22. The highest BCUT2D eigenvalue weighted by molar-refractivity contribution is 5.94. The lowest BCUT2D eigenvalue weighted by Gasteiger charge is -2.18. The van der Waals surface area contributed by atoms with Crippen molar-refractivity contribution in [3.8, 4) is 0 Å². The van der Waals surface area contributed by atoms with E-state index in [1.165, 1.54) is 12.1 Å². The number of carbonyl (C=O) groups excluding carboxylic acids is 1. The van der Waals surface area contributed by atoms with E-state index in [-0.39, 0.29) is 5.69 Å². The van der Waals surface area contributed by atoms with Gasteiger partial charge in [0.15, 0.2) is 0 Å². The standard InChI is InChI=1S/C14H9F3NO2/c15-14(16,17)10-6-8-12(9-7-10)18(13(19)20)11-4-2-1-3-5-11/h1-9H. The van der Waals surface area contributed by atoms with Gasteiger partial charge >= 0.3 is 12.3 Å². The van der Waals surface area contributed by atoms with Crippen molar-refractivity contribution in [1.29, 1.82) is 0 Å². The average molecular weight is 280 g/mol. The van der Waals surface area contributed by atoms with Crippen LogP contribution >= 0.6 is 0 Å². The third-order valence-corrected chi connectivity index (χ3v) is 2.65. The number of alkyl halides is 3.